The highest BCUT2D eigenvalue weighted by molar-refractivity contribution is 5.79. The number of carbonyl (C=O) groups excluding carboxylic acids is 2. The third-order valence-electron chi connectivity index (χ3n) is 3.69. The fourth-order valence-electron chi connectivity index (χ4n) is 2.27. The van der Waals surface area contributed by atoms with Crippen molar-refractivity contribution in [3.63, 3.8) is 0 Å². The number of morpholine rings is 1. The molecule has 1 N–H and O–H groups in total. The van der Waals surface area contributed by atoms with Gasteiger partial charge < -0.3 is 19.9 Å². The molecule has 1 saturated heterocycles. The van der Waals surface area contributed by atoms with Crippen LogP contribution in [-0.4, -0.2) is 63.7 Å². The maximum absolute atomic E-state index is 12.0. The highest BCUT2D eigenvalue weighted by Gasteiger charge is 2.23. The quantitative estimate of drug-likeness (QED) is 0.848. The molecule has 1 aromatic carbocycles. The van der Waals surface area contributed by atoms with Crippen LogP contribution in [0.25, 0.3) is 0 Å². The summed E-state index contributed by atoms with van der Waals surface area (Å²) in [5.41, 5.74) is 2.08. The number of benzene rings is 1. The summed E-state index contributed by atoms with van der Waals surface area (Å²) in [6.45, 7) is 1.02. The first-order valence-electron chi connectivity index (χ1n) is 7.34. The van der Waals surface area contributed by atoms with Gasteiger partial charge in [-0.15, -0.1) is 0 Å². The highest BCUT2D eigenvalue weighted by Crippen LogP contribution is 2.12. The van der Waals surface area contributed by atoms with Crippen LogP contribution in [0.1, 0.15) is 5.56 Å². The van der Waals surface area contributed by atoms with E-state index in [1.54, 1.807) is 11.9 Å². The average molecular weight is 305 g/mol. The molecule has 1 fully saturated rings. The van der Waals surface area contributed by atoms with Crippen molar-refractivity contribution in [2.75, 3.05) is 45.7 Å². The molecular weight excluding hydrogens is 282 g/mol. The van der Waals surface area contributed by atoms with Gasteiger partial charge in [-0.2, -0.15) is 0 Å². The lowest BCUT2D eigenvalue weighted by Crippen LogP contribution is -2.48. The summed E-state index contributed by atoms with van der Waals surface area (Å²) in [6.07, 6.45) is 0.206. The molecule has 22 heavy (non-hydrogen) atoms. The van der Waals surface area contributed by atoms with E-state index in [0.29, 0.717) is 19.5 Å². The van der Waals surface area contributed by atoms with E-state index in [2.05, 4.69) is 5.32 Å². The van der Waals surface area contributed by atoms with Crippen molar-refractivity contribution in [1.29, 1.82) is 0 Å². The predicted molar refractivity (Wildman–Crippen MR) is 84.9 cm³/mol. The van der Waals surface area contributed by atoms with Gasteiger partial charge in [0.15, 0.2) is 0 Å². The molecule has 2 amide bonds. The molecule has 0 aliphatic carbocycles. The van der Waals surface area contributed by atoms with Crippen molar-refractivity contribution in [1.82, 2.24) is 10.2 Å². The third-order valence-corrected chi connectivity index (χ3v) is 3.69. The van der Waals surface area contributed by atoms with Gasteiger partial charge in [0.1, 0.15) is 6.61 Å². The molecule has 0 aromatic heterocycles. The van der Waals surface area contributed by atoms with Crippen LogP contribution in [0.5, 0.6) is 0 Å². The predicted octanol–water partition coefficient (Wildman–Crippen LogP) is 0.269. The lowest BCUT2D eigenvalue weighted by atomic mass is 10.1. The van der Waals surface area contributed by atoms with Crippen LogP contribution in [-0.2, 0) is 20.7 Å². The van der Waals surface area contributed by atoms with Crippen LogP contribution in [0.15, 0.2) is 24.3 Å². The lowest BCUT2D eigenvalue weighted by molar-refractivity contribution is -0.146. The standard InChI is InChI=1S/C16H23N3O3/c1-18(2)13-6-4-12(5-7-13)8-15(20)17-9-14-10-19(3)16(21)11-22-14/h4-7,14H,8-11H2,1-3H3,(H,17,20). The van der Waals surface area contributed by atoms with E-state index < -0.39 is 0 Å². The van der Waals surface area contributed by atoms with Gasteiger partial charge in [0, 0.05) is 39.9 Å². The van der Waals surface area contributed by atoms with Gasteiger partial charge in [-0.3, -0.25) is 9.59 Å². The minimum Gasteiger partial charge on any atom is -0.378 e. The molecule has 1 unspecified atom stereocenters. The number of nitrogens with zero attached hydrogens (tertiary/aromatic N) is 2. The molecule has 0 radical (unpaired) electrons. The molecule has 1 heterocycles. The number of carbonyl (C=O) groups is 2. The maximum Gasteiger partial charge on any atom is 0.248 e. The summed E-state index contributed by atoms with van der Waals surface area (Å²) < 4.78 is 5.39. The van der Waals surface area contributed by atoms with E-state index in [0.717, 1.165) is 11.3 Å². The zero-order valence-electron chi connectivity index (χ0n) is 13.3. The summed E-state index contributed by atoms with van der Waals surface area (Å²) in [5, 5.41) is 2.86. The first kappa shape index (κ1) is 16.3. The Morgan fingerprint density at radius 2 is 2.05 bits per heavy atom. The molecular formula is C16H23N3O3. The summed E-state index contributed by atoms with van der Waals surface area (Å²) in [6, 6.07) is 7.90. The number of ether oxygens (including phenoxy) is 1. The van der Waals surface area contributed by atoms with Crippen LogP contribution in [0.2, 0.25) is 0 Å². The molecule has 1 aliphatic rings. The number of likely N-dealkylation sites (N-methyl/N-ethyl adjacent to an activating group) is 1. The Morgan fingerprint density at radius 1 is 1.36 bits per heavy atom. The molecule has 6 heteroatoms. The molecule has 6 nitrogen and oxygen atoms in total. The van der Waals surface area contributed by atoms with Crippen LogP contribution >= 0.6 is 0 Å². The Morgan fingerprint density at radius 3 is 2.64 bits per heavy atom. The Bertz CT molecular complexity index is 528. The smallest absolute Gasteiger partial charge is 0.248 e. The van der Waals surface area contributed by atoms with E-state index in [1.807, 2.05) is 43.3 Å². The van der Waals surface area contributed by atoms with Crippen molar-refractivity contribution in [2.24, 2.45) is 0 Å². The van der Waals surface area contributed by atoms with Gasteiger partial charge in [0.2, 0.25) is 11.8 Å². The van der Waals surface area contributed by atoms with Crippen molar-refractivity contribution < 1.29 is 14.3 Å². The summed E-state index contributed by atoms with van der Waals surface area (Å²) in [5.74, 6) is -0.0654. The topological polar surface area (TPSA) is 61.9 Å². The van der Waals surface area contributed by atoms with Crippen LogP contribution in [0.4, 0.5) is 5.69 Å². The normalized spacial score (nSPS) is 18.2. The second-order valence-electron chi connectivity index (χ2n) is 5.75. The molecule has 0 saturated carbocycles. The van der Waals surface area contributed by atoms with E-state index in [4.69, 9.17) is 4.74 Å². The van der Waals surface area contributed by atoms with Crippen LogP contribution in [0, 0.1) is 0 Å². The highest BCUT2D eigenvalue weighted by atomic mass is 16.5. The monoisotopic (exact) mass is 305 g/mol. The van der Waals surface area contributed by atoms with Gasteiger partial charge in [0.05, 0.1) is 12.5 Å². The fraction of sp³-hybridized carbons (Fsp3) is 0.500. The molecule has 1 atom stereocenters. The maximum atomic E-state index is 12.0. The number of rotatable bonds is 5. The first-order valence-corrected chi connectivity index (χ1v) is 7.34. The molecule has 2 rings (SSSR count). The van der Waals surface area contributed by atoms with Gasteiger partial charge >= 0.3 is 0 Å². The van der Waals surface area contributed by atoms with Gasteiger partial charge in [-0.1, -0.05) is 12.1 Å². The molecule has 1 aliphatic heterocycles. The van der Waals surface area contributed by atoms with Crippen molar-refractivity contribution in [2.45, 2.75) is 12.5 Å². The van der Waals surface area contributed by atoms with E-state index >= 15 is 0 Å². The number of anilines is 1. The molecule has 0 bridgehead atoms. The van der Waals surface area contributed by atoms with E-state index in [1.165, 1.54) is 0 Å². The second kappa shape index (κ2) is 7.26. The Balaban J connectivity index is 1.77. The molecule has 1 aromatic rings. The first-order chi connectivity index (χ1) is 10.5. The number of hydrogen-bond donors (Lipinski definition) is 1. The largest absolute Gasteiger partial charge is 0.378 e. The molecule has 0 spiro atoms. The summed E-state index contributed by atoms with van der Waals surface area (Å²) in [4.78, 5) is 26.9. The SMILES string of the molecule is CN1CC(CNC(=O)Cc2ccc(N(C)C)cc2)OCC1=O. The van der Waals surface area contributed by atoms with Gasteiger partial charge in [0.25, 0.3) is 0 Å². The minimum atomic E-state index is -0.136. The average Bonchev–Trinajstić information content (AvgIpc) is 2.49. The minimum absolute atomic E-state index is 0.0245. The van der Waals surface area contributed by atoms with Gasteiger partial charge in [-0.05, 0) is 17.7 Å². The summed E-state index contributed by atoms with van der Waals surface area (Å²) >= 11 is 0. The fourth-order valence-corrected chi connectivity index (χ4v) is 2.27. The third kappa shape index (κ3) is 4.46. The number of hydrogen-bond acceptors (Lipinski definition) is 4. The Kier molecular flexibility index (Phi) is 5.38. The van der Waals surface area contributed by atoms with Gasteiger partial charge in [-0.25, -0.2) is 0 Å². The van der Waals surface area contributed by atoms with E-state index in [-0.39, 0.29) is 24.5 Å². The number of amides is 2. The zero-order chi connectivity index (χ0) is 16.1. The van der Waals surface area contributed by atoms with Crippen LogP contribution in [0.3, 0.4) is 0 Å². The Hall–Kier alpha value is -2.08. The molecule has 120 valence electrons. The van der Waals surface area contributed by atoms with Crippen molar-refractivity contribution in [3.8, 4) is 0 Å². The Labute approximate surface area is 131 Å². The number of nitrogens with one attached hydrogen (secondary N) is 1. The lowest BCUT2D eigenvalue weighted by Gasteiger charge is -2.29. The van der Waals surface area contributed by atoms with E-state index in [9.17, 15) is 9.59 Å². The summed E-state index contributed by atoms with van der Waals surface area (Å²) in [7, 11) is 5.70. The van der Waals surface area contributed by atoms with Crippen molar-refractivity contribution >= 4 is 17.5 Å². The zero-order valence-corrected chi connectivity index (χ0v) is 13.3. The second-order valence-corrected chi connectivity index (χ2v) is 5.75. The van der Waals surface area contributed by atoms with Crippen LogP contribution < -0.4 is 10.2 Å². The van der Waals surface area contributed by atoms with Crippen molar-refractivity contribution in [3.05, 3.63) is 29.8 Å².